The summed E-state index contributed by atoms with van der Waals surface area (Å²) in [5.41, 5.74) is 5.49. The molecule has 0 spiro atoms. The van der Waals surface area contributed by atoms with Gasteiger partial charge in [0.2, 0.25) is 0 Å². The number of halogens is 4. The summed E-state index contributed by atoms with van der Waals surface area (Å²) in [5, 5.41) is 8.98. The van der Waals surface area contributed by atoms with Gasteiger partial charge in [0, 0.05) is 0 Å². The summed E-state index contributed by atoms with van der Waals surface area (Å²) in [5.74, 6) is 0.391. The van der Waals surface area contributed by atoms with Crippen LogP contribution in [0.2, 0.25) is 0 Å². The number of methoxy groups -OCH3 is 1. The van der Waals surface area contributed by atoms with Crippen LogP contribution >= 0.6 is 12.4 Å². The molecule has 0 amide bonds. The number of nitrogens with two attached hydrogens (primary N) is 1. The molecule has 1 rings (SSSR count). The predicted molar refractivity (Wildman–Crippen MR) is 59.2 cm³/mol. The second-order valence-electron chi connectivity index (χ2n) is 3.29. The Morgan fingerprint density at radius 2 is 1.94 bits per heavy atom. The SMILES string of the molecule is COc1cccc([C@H](N)[C@H](O)C(F)(F)F)c1.Cl. The number of aliphatic hydroxyl groups excluding tert-OH is 1. The molecule has 98 valence electrons. The van der Waals surface area contributed by atoms with Crippen LogP contribution in [0.4, 0.5) is 13.2 Å². The van der Waals surface area contributed by atoms with Crippen molar-refractivity contribution in [1.29, 1.82) is 0 Å². The minimum Gasteiger partial charge on any atom is -0.497 e. The molecular weight excluding hydrogens is 259 g/mol. The third kappa shape index (κ3) is 4.07. The van der Waals surface area contributed by atoms with Crippen LogP contribution in [0, 0.1) is 0 Å². The van der Waals surface area contributed by atoms with Gasteiger partial charge in [-0.2, -0.15) is 13.2 Å². The summed E-state index contributed by atoms with van der Waals surface area (Å²) in [6.45, 7) is 0. The van der Waals surface area contributed by atoms with Crippen molar-refractivity contribution in [2.75, 3.05) is 7.11 Å². The molecule has 0 aliphatic carbocycles. The van der Waals surface area contributed by atoms with E-state index in [-0.39, 0.29) is 18.0 Å². The van der Waals surface area contributed by atoms with Crippen LogP contribution in [0.25, 0.3) is 0 Å². The van der Waals surface area contributed by atoms with Crippen molar-refractivity contribution >= 4 is 12.4 Å². The summed E-state index contributed by atoms with van der Waals surface area (Å²) < 4.78 is 41.5. The Morgan fingerprint density at radius 1 is 1.35 bits per heavy atom. The molecule has 0 unspecified atom stereocenters. The highest BCUT2D eigenvalue weighted by Crippen LogP contribution is 2.29. The Kier molecular flexibility index (Phi) is 5.74. The summed E-state index contributed by atoms with van der Waals surface area (Å²) >= 11 is 0. The molecule has 0 aliphatic rings. The molecule has 0 saturated heterocycles. The van der Waals surface area contributed by atoms with E-state index in [9.17, 15) is 13.2 Å². The number of hydrogen-bond donors (Lipinski definition) is 2. The second kappa shape index (κ2) is 6.09. The number of hydrogen-bond acceptors (Lipinski definition) is 3. The number of alkyl halides is 3. The predicted octanol–water partition coefficient (Wildman–Crippen LogP) is 2.04. The Bertz CT molecular complexity index is 360. The summed E-state index contributed by atoms with van der Waals surface area (Å²) in [6, 6.07) is 4.34. The molecule has 1 aromatic carbocycles. The van der Waals surface area contributed by atoms with Crippen LogP contribution in [0.5, 0.6) is 5.75 Å². The van der Waals surface area contributed by atoms with E-state index < -0.39 is 18.3 Å². The fraction of sp³-hybridized carbons (Fsp3) is 0.400. The lowest BCUT2D eigenvalue weighted by Gasteiger charge is -2.21. The van der Waals surface area contributed by atoms with Gasteiger partial charge in [-0.1, -0.05) is 12.1 Å². The normalized spacial score (nSPS) is 14.7. The van der Waals surface area contributed by atoms with Gasteiger partial charge in [-0.05, 0) is 17.7 Å². The van der Waals surface area contributed by atoms with Gasteiger partial charge in [0.15, 0.2) is 6.10 Å². The van der Waals surface area contributed by atoms with Crippen molar-refractivity contribution in [3.63, 3.8) is 0 Å². The molecule has 0 saturated carbocycles. The third-order valence-corrected chi connectivity index (χ3v) is 2.15. The zero-order valence-electron chi connectivity index (χ0n) is 8.94. The first-order valence-corrected chi connectivity index (χ1v) is 4.50. The van der Waals surface area contributed by atoms with Crippen LogP contribution in [0.1, 0.15) is 11.6 Å². The Labute approximate surface area is 103 Å². The summed E-state index contributed by atoms with van der Waals surface area (Å²) in [7, 11) is 1.39. The van der Waals surface area contributed by atoms with Crippen molar-refractivity contribution in [2.45, 2.75) is 18.3 Å². The maximum atomic E-state index is 12.2. The highest BCUT2D eigenvalue weighted by molar-refractivity contribution is 5.85. The van der Waals surface area contributed by atoms with Gasteiger partial charge < -0.3 is 15.6 Å². The van der Waals surface area contributed by atoms with E-state index in [0.29, 0.717) is 5.75 Å². The number of benzene rings is 1. The Balaban J connectivity index is 0.00000256. The van der Waals surface area contributed by atoms with Gasteiger partial charge in [0.1, 0.15) is 5.75 Å². The highest BCUT2D eigenvalue weighted by Gasteiger charge is 2.42. The Hall–Kier alpha value is -0.980. The topological polar surface area (TPSA) is 55.5 Å². The quantitative estimate of drug-likeness (QED) is 0.885. The van der Waals surface area contributed by atoms with Gasteiger partial charge in [-0.25, -0.2) is 0 Å². The maximum Gasteiger partial charge on any atom is 0.416 e. The molecule has 0 aromatic heterocycles. The van der Waals surface area contributed by atoms with Crippen LogP contribution in [-0.2, 0) is 0 Å². The lowest BCUT2D eigenvalue weighted by molar-refractivity contribution is -0.210. The molecule has 0 fully saturated rings. The summed E-state index contributed by atoms with van der Waals surface area (Å²) in [4.78, 5) is 0. The zero-order valence-corrected chi connectivity index (χ0v) is 9.76. The van der Waals surface area contributed by atoms with Crippen LogP contribution in [0.3, 0.4) is 0 Å². The van der Waals surface area contributed by atoms with E-state index in [0.717, 1.165) is 0 Å². The van der Waals surface area contributed by atoms with Gasteiger partial charge in [0.05, 0.1) is 13.2 Å². The highest BCUT2D eigenvalue weighted by atomic mass is 35.5. The molecule has 17 heavy (non-hydrogen) atoms. The molecule has 3 nitrogen and oxygen atoms in total. The van der Waals surface area contributed by atoms with Gasteiger partial charge in [-0.15, -0.1) is 12.4 Å². The van der Waals surface area contributed by atoms with E-state index in [1.807, 2.05) is 0 Å². The largest absolute Gasteiger partial charge is 0.497 e. The molecule has 7 heteroatoms. The van der Waals surface area contributed by atoms with Crippen LogP contribution in [0.15, 0.2) is 24.3 Å². The molecule has 1 aromatic rings. The fourth-order valence-corrected chi connectivity index (χ4v) is 1.23. The maximum absolute atomic E-state index is 12.2. The van der Waals surface area contributed by atoms with E-state index in [4.69, 9.17) is 15.6 Å². The van der Waals surface area contributed by atoms with Gasteiger partial charge in [-0.3, -0.25) is 0 Å². The first-order valence-electron chi connectivity index (χ1n) is 4.50. The summed E-state index contributed by atoms with van der Waals surface area (Å²) in [6.07, 6.45) is -7.32. The number of aliphatic hydroxyl groups is 1. The van der Waals surface area contributed by atoms with E-state index in [1.54, 1.807) is 6.07 Å². The molecule has 0 aliphatic heterocycles. The average molecular weight is 272 g/mol. The number of ether oxygens (including phenoxy) is 1. The van der Waals surface area contributed by atoms with Crippen molar-refractivity contribution in [3.05, 3.63) is 29.8 Å². The average Bonchev–Trinajstić information content (AvgIpc) is 2.26. The van der Waals surface area contributed by atoms with Gasteiger partial charge in [0.25, 0.3) is 0 Å². The monoisotopic (exact) mass is 271 g/mol. The molecule has 3 N–H and O–H groups in total. The van der Waals surface area contributed by atoms with Crippen LogP contribution in [-0.4, -0.2) is 24.5 Å². The smallest absolute Gasteiger partial charge is 0.416 e. The first kappa shape index (κ1) is 16.0. The minimum absolute atomic E-state index is 0. The minimum atomic E-state index is -4.73. The molecule has 0 bridgehead atoms. The van der Waals surface area contributed by atoms with E-state index in [1.165, 1.54) is 25.3 Å². The lowest BCUT2D eigenvalue weighted by Crippen LogP contribution is -2.38. The molecule has 2 atom stereocenters. The Morgan fingerprint density at radius 3 is 2.41 bits per heavy atom. The van der Waals surface area contributed by atoms with Crippen molar-refractivity contribution in [3.8, 4) is 5.75 Å². The second-order valence-corrected chi connectivity index (χ2v) is 3.29. The van der Waals surface area contributed by atoms with Crippen molar-refractivity contribution in [2.24, 2.45) is 5.73 Å². The van der Waals surface area contributed by atoms with E-state index in [2.05, 4.69) is 0 Å². The van der Waals surface area contributed by atoms with Gasteiger partial charge >= 0.3 is 6.18 Å². The standard InChI is InChI=1S/C10H12F3NO2.ClH/c1-16-7-4-2-3-6(5-7)8(14)9(15)10(11,12)13;/h2-5,8-9,15H,14H2,1H3;1H/t8-,9-;/m0./s1. The first-order chi connectivity index (χ1) is 7.36. The lowest BCUT2D eigenvalue weighted by atomic mass is 10.0. The fourth-order valence-electron chi connectivity index (χ4n) is 1.23. The third-order valence-electron chi connectivity index (χ3n) is 2.15. The van der Waals surface area contributed by atoms with Crippen molar-refractivity contribution < 1.29 is 23.0 Å². The van der Waals surface area contributed by atoms with E-state index >= 15 is 0 Å². The van der Waals surface area contributed by atoms with Crippen LogP contribution < -0.4 is 10.5 Å². The number of rotatable bonds is 3. The molecular formula is C10H13ClF3NO2. The molecule has 0 heterocycles. The van der Waals surface area contributed by atoms with Crippen molar-refractivity contribution in [1.82, 2.24) is 0 Å². The zero-order chi connectivity index (χ0) is 12.3. The molecule has 0 radical (unpaired) electrons.